The Morgan fingerprint density at radius 3 is 1.92 bits per heavy atom. The van der Waals surface area contributed by atoms with E-state index in [2.05, 4.69) is 13.2 Å². The van der Waals surface area contributed by atoms with Crippen molar-refractivity contribution in [3.8, 4) is 11.5 Å². The summed E-state index contributed by atoms with van der Waals surface area (Å²) in [4.78, 5) is 0. The Balaban J connectivity index is 1.66. The number of phenolic OH excluding ortho intramolecular Hbond substituents is 1. The highest BCUT2D eigenvalue weighted by Crippen LogP contribution is 2.43. The largest absolute Gasteiger partial charge is 0.505 e. The van der Waals surface area contributed by atoms with Crippen LogP contribution in [0.1, 0.15) is 55.6 Å². The van der Waals surface area contributed by atoms with Crippen molar-refractivity contribution in [1.29, 1.82) is 0 Å². The molecule has 9 heteroatoms. The van der Waals surface area contributed by atoms with Gasteiger partial charge in [-0.2, -0.15) is 13.2 Å². The van der Waals surface area contributed by atoms with Crippen LogP contribution in [-0.2, 0) is 4.74 Å². The minimum Gasteiger partial charge on any atom is -0.505 e. The van der Waals surface area contributed by atoms with Crippen LogP contribution in [-0.4, -0.2) is 18.3 Å². The van der Waals surface area contributed by atoms with Gasteiger partial charge in [-0.25, -0.2) is 13.2 Å². The molecule has 0 spiro atoms. The minimum atomic E-state index is -1.37. The van der Waals surface area contributed by atoms with Gasteiger partial charge in [-0.1, -0.05) is 25.3 Å². The third kappa shape index (κ3) is 5.71. The third-order valence-corrected chi connectivity index (χ3v) is 6.24. The summed E-state index contributed by atoms with van der Waals surface area (Å²) in [6, 6.07) is 4.97. The summed E-state index contributed by atoms with van der Waals surface area (Å²) >= 11 is 0. The normalized spacial score (nSPS) is 18.4. The third-order valence-electron chi connectivity index (χ3n) is 6.24. The molecule has 194 valence electrons. The van der Waals surface area contributed by atoms with Crippen LogP contribution in [0.3, 0.4) is 0 Å². The highest BCUT2D eigenvalue weighted by molar-refractivity contribution is 5.37. The second-order valence-electron chi connectivity index (χ2n) is 8.51. The lowest BCUT2D eigenvalue weighted by Gasteiger charge is -2.29. The zero-order valence-corrected chi connectivity index (χ0v) is 19.7. The van der Waals surface area contributed by atoms with E-state index in [1.165, 1.54) is 18.2 Å². The monoisotopic (exact) mass is 512 g/mol. The van der Waals surface area contributed by atoms with E-state index >= 15 is 0 Å². The number of rotatable bonds is 9. The number of benzene rings is 2. The predicted molar refractivity (Wildman–Crippen MR) is 123 cm³/mol. The van der Waals surface area contributed by atoms with E-state index in [-0.39, 0.29) is 29.6 Å². The van der Waals surface area contributed by atoms with Gasteiger partial charge in [-0.05, 0) is 67.7 Å². The molecule has 3 rings (SSSR count). The quantitative estimate of drug-likeness (QED) is 0.210. The van der Waals surface area contributed by atoms with E-state index in [1.807, 2.05) is 0 Å². The van der Waals surface area contributed by atoms with Crippen LogP contribution < -0.4 is 4.74 Å². The lowest BCUT2D eigenvalue weighted by Crippen LogP contribution is -2.15. The van der Waals surface area contributed by atoms with Gasteiger partial charge in [0.25, 0.3) is 0 Å². The molecular formula is C27H26F6O3. The van der Waals surface area contributed by atoms with Gasteiger partial charge in [-0.3, -0.25) is 0 Å². The second kappa shape index (κ2) is 11.6. The molecule has 1 aliphatic carbocycles. The summed E-state index contributed by atoms with van der Waals surface area (Å²) in [5.41, 5.74) is -0.199. The minimum absolute atomic E-state index is 0.0766. The summed E-state index contributed by atoms with van der Waals surface area (Å²) in [6.45, 7) is 7.60. The average molecular weight is 512 g/mol. The Morgan fingerprint density at radius 1 is 0.833 bits per heavy atom. The van der Waals surface area contributed by atoms with E-state index in [4.69, 9.17) is 9.47 Å². The van der Waals surface area contributed by atoms with Gasteiger partial charge in [0, 0.05) is 5.57 Å². The van der Waals surface area contributed by atoms with E-state index in [0.29, 0.717) is 25.7 Å². The van der Waals surface area contributed by atoms with Crippen LogP contribution >= 0.6 is 0 Å². The molecule has 0 saturated heterocycles. The van der Waals surface area contributed by atoms with E-state index < -0.39 is 64.4 Å². The molecule has 0 aromatic heterocycles. The van der Waals surface area contributed by atoms with Gasteiger partial charge in [0.2, 0.25) is 11.6 Å². The molecule has 0 bridgehead atoms. The SMILES string of the molecule is C=C(COc1ccc(C2CCC(c3ccc(O)c(F)c3F)CC2)c(F)c1F)/C(F)=C(/F)C(=C)OCC. The molecule has 0 unspecified atom stereocenters. The summed E-state index contributed by atoms with van der Waals surface area (Å²) in [7, 11) is 0. The topological polar surface area (TPSA) is 38.7 Å². The molecule has 36 heavy (non-hydrogen) atoms. The Morgan fingerprint density at radius 2 is 1.36 bits per heavy atom. The molecule has 0 amide bonds. The van der Waals surface area contributed by atoms with E-state index in [1.54, 1.807) is 6.92 Å². The molecule has 2 aromatic rings. The van der Waals surface area contributed by atoms with Gasteiger partial charge in [0.05, 0.1) is 6.61 Å². The number of hydrogen-bond donors (Lipinski definition) is 1. The van der Waals surface area contributed by atoms with Crippen molar-refractivity contribution in [3.63, 3.8) is 0 Å². The first-order chi connectivity index (χ1) is 17.1. The van der Waals surface area contributed by atoms with Crippen LogP contribution in [0.15, 0.2) is 60.4 Å². The van der Waals surface area contributed by atoms with E-state index in [0.717, 1.165) is 6.07 Å². The van der Waals surface area contributed by atoms with Crippen molar-refractivity contribution in [3.05, 3.63) is 94.8 Å². The van der Waals surface area contributed by atoms with Gasteiger partial charge in [-0.15, -0.1) is 0 Å². The number of allylic oxidation sites excluding steroid dienone is 1. The van der Waals surface area contributed by atoms with Crippen LogP contribution in [0.5, 0.6) is 11.5 Å². The first-order valence-corrected chi connectivity index (χ1v) is 11.4. The lowest BCUT2D eigenvalue weighted by atomic mass is 9.76. The lowest BCUT2D eigenvalue weighted by molar-refractivity contribution is 0.223. The fraction of sp³-hybridized carbons (Fsp3) is 0.333. The molecule has 3 nitrogen and oxygen atoms in total. The molecule has 1 fully saturated rings. The molecule has 0 aliphatic heterocycles. The predicted octanol–water partition coefficient (Wildman–Crippen LogP) is 8.03. The molecule has 0 atom stereocenters. The first kappa shape index (κ1) is 27.2. The van der Waals surface area contributed by atoms with Gasteiger partial charge >= 0.3 is 0 Å². The maximum absolute atomic E-state index is 14.8. The molecule has 0 radical (unpaired) electrons. The molecule has 1 saturated carbocycles. The Labute approximate surface area is 205 Å². The Kier molecular flexibility index (Phi) is 8.76. The van der Waals surface area contributed by atoms with Crippen molar-refractivity contribution in [1.82, 2.24) is 0 Å². The Hall–Kier alpha value is -3.36. The van der Waals surface area contributed by atoms with Gasteiger partial charge in [0.15, 0.2) is 40.5 Å². The summed E-state index contributed by atoms with van der Waals surface area (Å²) < 4.78 is 95.4. The van der Waals surface area contributed by atoms with Crippen molar-refractivity contribution >= 4 is 0 Å². The number of halogens is 6. The maximum Gasteiger partial charge on any atom is 0.200 e. The number of hydrogen-bond acceptors (Lipinski definition) is 3. The van der Waals surface area contributed by atoms with Crippen LogP contribution in [0, 0.1) is 23.3 Å². The van der Waals surface area contributed by atoms with E-state index in [9.17, 15) is 31.4 Å². The van der Waals surface area contributed by atoms with Crippen molar-refractivity contribution < 1.29 is 40.9 Å². The zero-order chi connectivity index (χ0) is 26.6. The molecule has 0 heterocycles. The number of aromatic hydroxyl groups is 1. The average Bonchev–Trinajstić information content (AvgIpc) is 2.87. The zero-order valence-electron chi connectivity index (χ0n) is 19.7. The van der Waals surface area contributed by atoms with Crippen LogP contribution in [0.4, 0.5) is 26.3 Å². The fourth-order valence-corrected chi connectivity index (χ4v) is 4.30. The molecular weight excluding hydrogens is 486 g/mol. The first-order valence-electron chi connectivity index (χ1n) is 11.4. The second-order valence-corrected chi connectivity index (χ2v) is 8.51. The summed E-state index contributed by atoms with van der Waals surface area (Å²) in [5, 5.41) is 9.30. The Bertz CT molecular complexity index is 1180. The summed E-state index contributed by atoms with van der Waals surface area (Å²) in [5.74, 6) is -10.0. The van der Waals surface area contributed by atoms with Crippen molar-refractivity contribution in [2.24, 2.45) is 0 Å². The van der Waals surface area contributed by atoms with Crippen molar-refractivity contribution in [2.75, 3.05) is 13.2 Å². The van der Waals surface area contributed by atoms with Gasteiger partial charge < -0.3 is 14.6 Å². The number of ether oxygens (including phenoxy) is 2. The number of phenols is 1. The molecule has 1 aliphatic rings. The smallest absolute Gasteiger partial charge is 0.200 e. The molecule has 1 N–H and O–H groups in total. The highest BCUT2D eigenvalue weighted by atomic mass is 19.2. The van der Waals surface area contributed by atoms with Crippen LogP contribution in [0.25, 0.3) is 0 Å². The standard InChI is InChI=1S/C27H26F6O3/c1-4-35-15(3)23(29)22(28)14(2)13-36-21-12-10-19(25(31)27(21)33)17-7-5-16(6-8-17)18-9-11-20(34)26(32)24(18)30/h9-12,16-17,34H,2-8,13H2,1H3/b23-22-. The van der Waals surface area contributed by atoms with Gasteiger partial charge in [0.1, 0.15) is 6.61 Å². The van der Waals surface area contributed by atoms with Crippen LogP contribution in [0.2, 0.25) is 0 Å². The maximum atomic E-state index is 14.8. The highest BCUT2D eigenvalue weighted by Gasteiger charge is 2.29. The van der Waals surface area contributed by atoms with Crippen molar-refractivity contribution in [2.45, 2.75) is 44.4 Å². The fourth-order valence-electron chi connectivity index (χ4n) is 4.30. The summed E-state index contributed by atoms with van der Waals surface area (Å²) in [6.07, 6.45) is 1.63. The molecule has 2 aromatic carbocycles.